The molecule has 1 aliphatic rings. The van der Waals surface area contributed by atoms with E-state index in [0.717, 1.165) is 0 Å². The fraction of sp³-hybridized carbons (Fsp3) is 0.818. The molecule has 1 rings (SSSR count). The van der Waals surface area contributed by atoms with Crippen LogP contribution in [0.15, 0.2) is 0 Å². The maximum absolute atomic E-state index is 12.2. The number of hydrogen-bond acceptors (Lipinski definition) is 2. The number of carboxylic acids is 1. The zero-order chi connectivity index (χ0) is 14.2. The molecule has 7 heteroatoms. The Balaban J connectivity index is 2.85. The van der Waals surface area contributed by atoms with Crippen LogP contribution in [0, 0.1) is 5.41 Å². The molecule has 4 nitrogen and oxygen atoms in total. The highest BCUT2D eigenvalue weighted by Crippen LogP contribution is 2.40. The van der Waals surface area contributed by atoms with Gasteiger partial charge in [0.2, 0.25) is 0 Å². The second-order valence-corrected chi connectivity index (χ2v) is 5.50. The molecule has 0 radical (unpaired) electrons. The van der Waals surface area contributed by atoms with Crippen LogP contribution in [0.5, 0.6) is 0 Å². The molecule has 1 amide bonds. The Labute approximate surface area is 103 Å². The number of alkyl halides is 3. The van der Waals surface area contributed by atoms with E-state index in [2.05, 4.69) is 0 Å². The van der Waals surface area contributed by atoms with Crippen molar-refractivity contribution in [3.8, 4) is 0 Å². The van der Waals surface area contributed by atoms with E-state index >= 15 is 0 Å². The van der Waals surface area contributed by atoms with Crippen LogP contribution >= 0.6 is 0 Å². The number of carbonyl (C=O) groups excluding carboxylic acids is 1. The summed E-state index contributed by atoms with van der Waals surface area (Å²) in [6.07, 6.45) is -4.13. The summed E-state index contributed by atoms with van der Waals surface area (Å²) in [5.74, 6) is -3.60. The summed E-state index contributed by atoms with van der Waals surface area (Å²) < 4.78 is 36.6. The molecule has 0 bridgehead atoms. The predicted octanol–water partition coefficient (Wildman–Crippen LogP) is 2.09. The number of amides is 1. The monoisotopic (exact) mass is 267 g/mol. The van der Waals surface area contributed by atoms with Crippen LogP contribution in [0.1, 0.15) is 39.5 Å². The molecule has 1 aliphatic carbocycles. The summed E-state index contributed by atoms with van der Waals surface area (Å²) in [5.41, 5.74) is -1.90. The number of carboxylic acid groups (broad SMARTS) is 1. The average Bonchev–Trinajstić information content (AvgIpc) is 2.19. The second kappa shape index (κ2) is 4.44. The number of rotatable bonds is 2. The predicted molar refractivity (Wildman–Crippen MR) is 56.8 cm³/mol. The Bertz CT molecular complexity index is 353. The fourth-order valence-electron chi connectivity index (χ4n) is 2.03. The van der Waals surface area contributed by atoms with Gasteiger partial charge >= 0.3 is 18.1 Å². The van der Waals surface area contributed by atoms with E-state index in [0.29, 0.717) is 12.8 Å². The summed E-state index contributed by atoms with van der Waals surface area (Å²) in [5, 5.41) is 10.7. The van der Waals surface area contributed by atoms with Crippen LogP contribution in [0.3, 0.4) is 0 Å². The molecule has 0 spiro atoms. The maximum atomic E-state index is 12.2. The van der Waals surface area contributed by atoms with E-state index in [1.54, 1.807) is 5.32 Å². The third-order valence-electron chi connectivity index (χ3n) is 3.48. The third kappa shape index (κ3) is 3.14. The van der Waals surface area contributed by atoms with E-state index < -0.39 is 23.6 Å². The summed E-state index contributed by atoms with van der Waals surface area (Å²) >= 11 is 0. The molecule has 0 saturated heterocycles. The number of nitrogens with one attached hydrogen (secondary N) is 1. The molecule has 0 unspecified atom stereocenters. The molecule has 0 heterocycles. The zero-order valence-electron chi connectivity index (χ0n) is 10.2. The van der Waals surface area contributed by atoms with Gasteiger partial charge in [0.25, 0.3) is 0 Å². The van der Waals surface area contributed by atoms with Gasteiger partial charge in [0.05, 0.1) is 0 Å². The Morgan fingerprint density at radius 2 is 1.56 bits per heavy atom. The molecule has 104 valence electrons. The molecule has 0 aromatic rings. The van der Waals surface area contributed by atoms with Crippen molar-refractivity contribution in [1.29, 1.82) is 0 Å². The van der Waals surface area contributed by atoms with Gasteiger partial charge in [-0.3, -0.25) is 4.79 Å². The van der Waals surface area contributed by atoms with Gasteiger partial charge in [-0.2, -0.15) is 13.2 Å². The van der Waals surface area contributed by atoms with Gasteiger partial charge < -0.3 is 10.4 Å². The van der Waals surface area contributed by atoms with E-state index in [4.69, 9.17) is 5.11 Å². The highest BCUT2D eigenvalue weighted by molar-refractivity contribution is 5.89. The van der Waals surface area contributed by atoms with Crippen molar-refractivity contribution in [2.24, 2.45) is 5.41 Å². The summed E-state index contributed by atoms with van der Waals surface area (Å²) in [7, 11) is 0. The van der Waals surface area contributed by atoms with Crippen molar-refractivity contribution < 1.29 is 27.9 Å². The number of hydrogen-bond donors (Lipinski definition) is 2. The Morgan fingerprint density at radius 1 is 1.11 bits per heavy atom. The first kappa shape index (κ1) is 14.8. The number of halogens is 3. The normalized spacial score (nSPS) is 22.3. The molecule has 0 aromatic heterocycles. The molecule has 0 aliphatic heterocycles. The topological polar surface area (TPSA) is 66.4 Å². The van der Waals surface area contributed by atoms with E-state index in [9.17, 15) is 22.8 Å². The molecule has 0 atom stereocenters. The van der Waals surface area contributed by atoms with Gasteiger partial charge in [0, 0.05) is 0 Å². The van der Waals surface area contributed by atoms with Gasteiger partial charge in [-0.15, -0.1) is 0 Å². The Hall–Kier alpha value is -1.27. The fourth-order valence-corrected chi connectivity index (χ4v) is 2.03. The van der Waals surface area contributed by atoms with Gasteiger partial charge in [0.15, 0.2) is 0 Å². The van der Waals surface area contributed by atoms with Gasteiger partial charge in [-0.25, -0.2) is 4.79 Å². The highest BCUT2D eigenvalue weighted by Gasteiger charge is 2.50. The second-order valence-electron chi connectivity index (χ2n) is 5.50. The van der Waals surface area contributed by atoms with Crippen molar-refractivity contribution in [3.05, 3.63) is 0 Å². The van der Waals surface area contributed by atoms with Crippen molar-refractivity contribution >= 4 is 11.9 Å². The highest BCUT2D eigenvalue weighted by atomic mass is 19.4. The number of aliphatic carboxylic acids is 1. The third-order valence-corrected chi connectivity index (χ3v) is 3.48. The van der Waals surface area contributed by atoms with E-state index in [-0.39, 0.29) is 18.3 Å². The largest absolute Gasteiger partial charge is 0.480 e. The lowest BCUT2D eigenvalue weighted by molar-refractivity contribution is -0.178. The van der Waals surface area contributed by atoms with E-state index in [1.165, 1.54) is 0 Å². The minimum absolute atomic E-state index is 0.0111. The zero-order valence-corrected chi connectivity index (χ0v) is 10.2. The summed E-state index contributed by atoms with van der Waals surface area (Å²) in [6.45, 7) is 3.84. The first-order chi connectivity index (χ1) is 7.99. The Morgan fingerprint density at radius 3 is 1.89 bits per heavy atom. The van der Waals surface area contributed by atoms with Crippen molar-refractivity contribution in [2.75, 3.05) is 0 Å². The lowest BCUT2D eigenvalue weighted by atomic mass is 9.69. The van der Waals surface area contributed by atoms with Crippen molar-refractivity contribution in [3.63, 3.8) is 0 Å². The first-order valence-corrected chi connectivity index (χ1v) is 5.61. The minimum Gasteiger partial charge on any atom is -0.480 e. The van der Waals surface area contributed by atoms with Gasteiger partial charge in [0.1, 0.15) is 5.54 Å². The van der Waals surface area contributed by atoms with Gasteiger partial charge in [-0.1, -0.05) is 13.8 Å². The van der Waals surface area contributed by atoms with E-state index in [1.807, 2.05) is 13.8 Å². The van der Waals surface area contributed by atoms with Gasteiger partial charge in [-0.05, 0) is 31.1 Å². The molecule has 2 N–H and O–H groups in total. The maximum Gasteiger partial charge on any atom is 0.471 e. The van der Waals surface area contributed by atoms with Crippen LogP contribution in [0.2, 0.25) is 0 Å². The Kier molecular flexibility index (Phi) is 3.65. The quantitative estimate of drug-likeness (QED) is 0.805. The summed E-state index contributed by atoms with van der Waals surface area (Å²) in [6, 6.07) is 0. The molecule has 0 aromatic carbocycles. The molecular weight excluding hydrogens is 251 g/mol. The summed E-state index contributed by atoms with van der Waals surface area (Å²) in [4.78, 5) is 22.1. The SMILES string of the molecule is CC1(C)CCC(NC(=O)C(F)(F)F)(C(=O)O)CC1. The average molecular weight is 267 g/mol. The molecular formula is C11H16F3NO3. The molecule has 18 heavy (non-hydrogen) atoms. The number of carbonyl (C=O) groups is 2. The van der Waals surface area contributed by atoms with Crippen LogP contribution in [0.25, 0.3) is 0 Å². The van der Waals surface area contributed by atoms with Crippen LogP contribution in [0.4, 0.5) is 13.2 Å². The van der Waals surface area contributed by atoms with Crippen LogP contribution < -0.4 is 5.32 Å². The lowest BCUT2D eigenvalue weighted by Gasteiger charge is -2.41. The van der Waals surface area contributed by atoms with Crippen LogP contribution in [-0.4, -0.2) is 28.7 Å². The molecule has 1 fully saturated rings. The molecule has 1 saturated carbocycles. The first-order valence-electron chi connectivity index (χ1n) is 5.61. The lowest BCUT2D eigenvalue weighted by Crippen LogP contribution is -2.59. The van der Waals surface area contributed by atoms with Crippen molar-refractivity contribution in [1.82, 2.24) is 5.32 Å². The standard InChI is InChI=1S/C11H16F3NO3/c1-9(2)3-5-10(6-4-9,8(17)18)15-7(16)11(12,13)14/h3-6H2,1-2H3,(H,15,16)(H,17,18). The smallest absolute Gasteiger partial charge is 0.471 e. The van der Waals surface area contributed by atoms with Crippen LogP contribution in [-0.2, 0) is 9.59 Å². The minimum atomic E-state index is -5.06. The van der Waals surface area contributed by atoms with Crippen molar-refractivity contribution in [2.45, 2.75) is 51.2 Å².